The Labute approximate surface area is 118 Å². The van der Waals surface area contributed by atoms with Gasteiger partial charge in [-0.3, -0.25) is 4.68 Å². The fraction of sp³-hybridized carbons (Fsp3) is 0.500. The average Bonchev–Trinajstić information content (AvgIpc) is 3.09. The SMILES string of the molecule is Cc1ccnc(NCc2cn(CC3CCOC3)nn2)c1. The maximum atomic E-state index is 5.37. The standard InChI is InChI=1S/C14H19N5O/c1-11-2-4-15-14(6-11)16-7-13-9-19(18-17-13)8-12-3-5-20-10-12/h2,4,6,9,12H,3,5,7-8,10H2,1H3,(H,15,16). The zero-order chi connectivity index (χ0) is 13.8. The van der Waals surface area contributed by atoms with Crippen molar-refractivity contribution >= 4 is 5.82 Å². The van der Waals surface area contributed by atoms with Gasteiger partial charge in [-0.15, -0.1) is 5.10 Å². The highest BCUT2D eigenvalue weighted by atomic mass is 16.5. The Morgan fingerprint density at radius 3 is 3.25 bits per heavy atom. The zero-order valence-corrected chi connectivity index (χ0v) is 11.6. The quantitative estimate of drug-likeness (QED) is 0.897. The lowest BCUT2D eigenvalue weighted by atomic mass is 10.1. The van der Waals surface area contributed by atoms with Gasteiger partial charge in [0.25, 0.3) is 0 Å². The molecule has 2 aromatic rings. The normalized spacial score (nSPS) is 18.4. The van der Waals surface area contributed by atoms with Gasteiger partial charge in [0.15, 0.2) is 0 Å². The minimum Gasteiger partial charge on any atom is -0.381 e. The number of anilines is 1. The van der Waals surface area contributed by atoms with Gasteiger partial charge in [-0.25, -0.2) is 4.98 Å². The largest absolute Gasteiger partial charge is 0.381 e. The van der Waals surface area contributed by atoms with E-state index in [0.717, 1.165) is 37.7 Å². The third kappa shape index (κ3) is 3.33. The second kappa shape index (κ2) is 6.00. The Balaban J connectivity index is 1.54. The van der Waals surface area contributed by atoms with Crippen LogP contribution in [0.4, 0.5) is 5.82 Å². The Morgan fingerprint density at radius 1 is 1.50 bits per heavy atom. The number of nitrogens with zero attached hydrogens (tertiary/aromatic N) is 4. The van der Waals surface area contributed by atoms with Crippen molar-refractivity contribution in [2.75, 3.05) is 18.5 Å². The van der Waals surface area contributed by atoms with Crippen molar-refractivity contribution in [1.82, 2.24) is 20.0 Å². The van der Waals surface area contributed by atoms with Crippen LogP contribution in [0.1, 0.15) is 17.7 Å². The first-order valence-corrected chi connectivity index (χ1v) is 6.93. The van der Waals surface area contributed by atoms with Crippen LogP contribution in [0.2, 0.25) is 0 Å². The fourth-order valence-electron chi connectivity index (χ4n) is 2.31. The van der Waals surface area contributed by atoms with E-state index in [0.29, 0.717) is 12.5 Å². The molecule has 1 N–H and O–H groups in total. The van der Waals surface area contributed by atoms with Crippen LogP contribution in [0.15, 0.2) is 24.5 Å². The van der Waals surface area contributed by atoms with E-state index in [1.165, 1.54) is 5.56 Å². The van der Waals surface area contributed by atoms with Crippen LogP contribution in [0.5, 0.6) is 0 Å². The van der Waals surface area contributed by atoms with Crippen molar-refractivity contribution in [3.63, 3.8) is 0 Å². The lowest BCUT2D eigenvalue weighted by Gasteiger charge is -2.05. The maximum Gasteiger partial charge on any atom is 0.126 e. The molecule has 1 saturated heterocycles. The monoisotopic (exact) mass is 273 g/mol. The summed E-state index contributed by atoms with van der Waals surface area (Å²) in [6.45, 7) is 5.27. The summed E-state index contributed by atoms with van der Waals surface area (Å²) in [5.74, 6) is 1.43. The van der Waals surface area contributed by atoms with Crippen LogP contribution in [0.3, 0.4) is 0 Å². The predicted octanol–water partition coefficient (Wildman–Crippen LogP) is 1.63. The number of aryl methyl sites for hydroxylation is 1. The van der Waals surface area contributed by atoms with E-state index >= 15 is 0 Å². The molecule has 0 aliphatic carbocycles. The van der Waals surface area contributed by atoms with Gasteiger partial charge in [-0.05, 0) is 31.0 Å². The molecule has 1 unspecified atom stereocenters. The molecule has 1 aliphatic rings. The Kier molecular flexibility index (Phi) is 3.92. The van der Waals surface area contributed by atoms with Crippen molar-refractivity contribution < 1.29 is 4.74 Å². The van der Waals surface area contributed by atoms with Crippen LogP contribution in [0, 0.1) is 12.8 Å². The second-order valence-corrected chi connectivity index (χ2v) is 5.23. The molecule has 2 aromatic heterocycles. The summed E-state index contributed by atoms with van der Waals surface area (Å²) in [6.07, 6.45) is 4.90. The van der Waals surface area contributed by atoms with Gasteiger partial charge in [-0.1, -0.05) is 5.21 Å². The average molecular weight is 273 g/mol. The van der Waals surface area contributed by atoms with Gasteiger partial charge in [0.1, 0.15) is 11.5 Å². The first kappa shape index (κ1) is 13.1. The summed E-state index contributed by atoms with van der Waals surface area (Å²) in [4.78, 5) is 4.26. The van der Waals surface area contributed by atoms with Crippen LogP contribution in [-0.4, -0.2) is 33.2 Å². The molecule has 20 heavy (non-hydrogen) atoms. The highest BCUT2D eigenvalue weighted by molar-refractivity contribution is 5.37. The molecule has 1 aliphatic heterocycles. The van der Waals surface area contributed by atoms with E-state index < -0.39 is 0 Å². The second-order valence-electron chi connectivity index (χ2n) is 5.23. The number of pyridine rings is 1. The number of rotatable bonds is 5. The first-order chi connectivity index (χ1) is 9.79. The van der Waals surface area contributed by atoms with E-state index in [1.807, 2.05) is 29.9 Å². The summed E-state index contributed by atoms with van der Waals surface area (Å²) >= 11 is 0. The minimum absolute atomic E-state index is 0.566. The van der Waals surface area contributed by atoms with Gasteiger partial charge >= 0.3 is 0 Å². The van der Waals surface area contributed by atoms with Gasteiger partial charge in [0.2, 0.25) is 0 Å². The lowest BCUT2D eigenvalue weighted by molar-refractivity contribution is 0.181. The Morgan fingerprint density at radius 2 is 2.45 bits per heavy atom. The number of hydrogen-bond acceptors (Lipinski definition) is 5. The molecule has 0 spiro atoms. The van der Waals surface area contributed by atoms with Crippen molar-refractivity contribution in [3.05, 3.63) is 35.8 Å². The van der Waals surface area contributed by atoms with E-state index in [2.05, 4.69) is 20.6 Å². The maximum absolute atomic E-state index is 5.37. The van der Waals surface area contributed by atoms with Crippen molar-refractivity contribution in [3.8, 4) is 0 Å². The highest BCUT2D eigenvalue weighted by Crippen LogP contribution is 2.14. The molecule has 3 rings (SSSR count). The Hall–Kier alpha value is -1.95. The van der Waals surface area contributed by atoms with E-state index in [9.17, 15) is 0 Å². The first-order valence-electron chi connectivity index (χ1n) is 6.93. The van der Waals surface area contributed by atoms with E-state index in [4.69, 9.17) is 4.74 Å². The number of aromatic nitrogens is 4. The molecule has 0 saturated carbocycles. The number of ether oxygens (including phenoxy) is 1. The minimum atomic E-state index is 0.566. The number of hydrogen-bond donors (Lipinski definition) is 1. The fourth-order valence-corrected chi connectivity index (χ4v) is 2.31. The van der Waals surface area contributed by atoms with E-state index in [1.54, 1.807) is 6.20 Å². The summed E-state index contributed by atoms with van der Waals surface area (Å²) in [6, 6.07) is 3.99. The van der Waals surface area contributed by atoms with Crippen molar-refractivity contribution in [2.24, 2.45) is 5.92 Å². The molecule has 6 nitrogen and oxygen atoms in total. The summed E-state index contributed by atoms with van der Waals surface area (Å²) in [5, 5.41) is 11.6. The van der Waals surface area contributed by atoms with Gasteiger partial charge < -0.3 is 10.1 Å². The predicted molar refractivity (Wildman–Crippen MR) is 75.2 cm³/mol. The summed E-state index contributed by atoms with van der Waals surface area (Å²) in [5.41, 5.74) is 2.11. The molecule has 1 atom stereocenters. The summed E-state index contributed by atoms with van der Waals surface area (Å²) in [7, 11) is 0. The lowest BCUT2D eigenvalue weighted by Crippen LogP contribution is -2.11. The van der Waals surface area contributed by atoms with Crippen molar-refractivity contribution in [1.29, 1.82) is 0 Å². The zero-order valence-electron chi connectivity index (χ0n) is 11.6. The molecule has 0 bridgehead atoms. The smallest absolute Gasteiger partial charge is 0.126 e. The molecule has 3 heterocycles. The number of nitrogens with one attached hydrogen (secondary N) is 1. The molecule has 0 amide bonds. The van der Waals surface area contributed by atoms with Crippen LogP contribution in [-0.2, 0) is 17.8 Å². The molecule has 106 valence electrons. The molecule has 0 radical (unpaired) electrons. The van der Waals surface area contributed by atoms with Gasteiger partial charge in [0.05, 0.1) is 19.3 Å². The molecule has 6 heteroatoms. The summed E-state index contributed by atoms with van der Waals surface area (Å²) < 4.78 is 7.27. The molecular weight excluding hydrogens is 254 g/mol. The third-order valence-electron chi connectivity index (χ3n) is 3.42. The van der Waals surface area contributed by atoms with Gasteiger partial charge in [0, 0.05) is 25.3 Å². The molecular formula is C14H19N5O. The van der Waals surface area contributed by atoms with Crippen LogP contribution >= 0.6 is 0 Å². The molecule has 0 aromatic carbocycles. The topological polar surface area (TPSA) is 64.9 Å². The third-order valence-corrected chi connectivity index (χ3v) is 3.42. The van der Waals surface area contributed by atoms with E-state index in [-0.39, 0.29) is 0 Å². The molecule has 1 fully saturated rings. The van der Waals surface area contributed by atoms with Crippen LogP contribution in [0.25, 0.3) is 0 Å². The van der Waals surface area contributed by atoms with Crippen LogP contribution < -0.4 is 5.32 Å². The van der Waals surface area contributed by atoms with Gasteiger partial charge in [-0.2, -0.15) is 0 Å². The highest BCUT2D eigenvalue weighted by Gasteiger charge is 2.16. The van der Waals surface area contributed by atoms with Crippen molar-refractivity contribution in [2.45, 2.75) is 26.4 Å². The Bertz CT molecular complexity index is 562.